The fourth-order valence-electron chi connectivity index (χ4n) is 0.569. The van der Waals surface area contributed by atoms with Crippen LogP contribution in [0.2, 0.25) is 5.15 Å². The van der Waals surface area contributed by atoms with Crippen LogP contribution in [0.5, 0.6) is 0 Å². The van der Waals surface area contributed by atoms with E-state index in [1.807, 2.05) is 0 Å². The molecule has 0 fully saturated rings. The molecule has 62 valence electrons. The van der Waals surface area contributed by atoms with Crippen LogP contribution in [0.25, 0.3) is 0 Å². The lowest BCUT2D eigenvalue weighted by Crippen LogP contribution is -1.78. The molecule has 0 saturated carbocycles. The predicted molar refractivity (Wildman–Crippen MR) is 50.6 cm³/mol. The minimum absolute atomic E-state index is 0.552. The first kappa shape index (κ1) is 9.29. The van der Waals surface area contributed by atoms with Crippen LogP contribution in [0.3, 0.4) is 0 Å². The first-order valence-corrected chi connectivity index (χ1v) is 5.55. The standard InChI is InChI=1S/C6H9ClN2S2/c1-2-3-4-10-6-5(7)8-11-9-6/h2-4H2,1H3. The predicted octanol–water partition coefficient (Wildman–Crippen LogP) is 3.08. The molecule has 0 N–H and O–H groups in total. The highest BCUT2D eigenvalue weighted by Gasteiger charge is 2.03. The van der Waals surface area contributed by atoms with Gasteiger partial charge in [-0.15, -0.1) is 11.8 Å². The summed E-state index contributed by atoms with van der Waals surface area (Å²) in [5, 5.41) is 1.43. The van der Waals surface area contributed by atoms with Crippen LogP contribution < -0.4 is 0 Å². The van der Waals surface area contributed by atoms with Gasteiger partial charge in [0, 0.05) is 0 Å². The molecule has 0 aliphatic rings. The Morgan fingerprint density at radius 1 is 1.55 bits per heavy atom. The number of unbranched alkanes of at least 4 members (excludes halogenated alkanes) is 1. The van der Waals surface area contributed by atoms with Crippen LogP contribution in [0, 0.1) is 0 Å². The molecule has 0 amide bonds. The van der Waals surface area contributed by atoms with E-state index >= 15 is 0 Å². The van der Waals surface area contributed by atoms with Crippen molar-refractivity contribution in [3.05, 3.63) is 5.15 Å². The van der Waals surface area contributed by atoms with Crippen LogP contribution in [0.4, 0.5) is 0 Å². The van der Waals surface area contributed by atoms with E-state index in [9.17, 15) is 0 Å². The smallest absolute Gasteiger partial charge is 0.165 e. The summed E-state index contributed by atoms with van der Waals surface area (Å²) in [6, 6.07) is 0. The lowest BCUT2D eigenvalue weighted by molar-refractivity contribution is 0.895. The molecule has 0 radical (unpaired) electrons. The molecule has 0 bridgehead atoms. The average Bonchev–Trinajstić information content (AvgIpc) is 2.37. The van der Waals surface area contributed by atoms with E-state index < -0.39 is 0 Å². The largest absolute Gasteiger partial charge is 0.176 e. The Kier molecular flexibility index (Phi) is 4.18. The molecule has 0 aliphatic carbocycles. The third-order valence-corrected chi connectivity index (χ3v) is 3.33. The number of aromatic nitrogens is 2. The van der Waals surface area contributed by atoms with E-state index in [4.69, 9.17) is 11.6 Å². The molecule has 5 heteroatoms. The van der Waals surface area contributed by atoms with E-state index in [0.29, 0.717) is 5.15 Å². The van der Waals surface area contributed by atoms with Crippen LogP contribution in [0.15, 0.2) is 5.03 Å². The Balaban J connectivity index is 2.32. The Morgan fingerprint density at radius 3 is 2.91 bits per heavy atom. The van der Waals surface area contributed by atoms with E-state index in [1.54, 1.807) is 11.8 Å². The topological polar surface area (TPSA) is 25.8 Å². The molecule has 1 aromatic heterocycles. The van der Waals surface area contributed by atoms with Crippen molar-refractivity contribution >= 4 is 35.1 Å². The van der Waals surface area contributed by atoms with Crippen molar-refractivity contribution in [3.8, 4) is 0 Å². The zero-order valence-electron chi connectivity index (χ0n) is 6.21. The summed E-state index contributed by atoms with van der Waals surface area (Å²) in [7, 11) is 0. The Hall–Kier alpha value is 0.200. The van der Waals surface area contributed by atoms with Crippen LogP contribution in [0.1, 0.15) is 19.8 Å². The molecule has 2 nitrogen and oxygen atoms in total. The van der Waals surface area contributed by atoms with Gasteiger partial charge in [-0.05, 0) is 12.2 Å². The van der Waals surface area contributed by atoms with E-state index in [2.05, 4.69) is 15.7 Å². The molecule has 11 heavy (non-hydrogen) atoms. The highest BCUT2D eigenvalue weighted by molar-refractivity contribution is 7.99. The third-order valence-electron chi connectivity index (χ3n) is 1.16. The van der Waals surface area contributed by atoms with Gasteiger partial charge in [-0.2, -0.15) is 8.75 Å². The van der Waals surface area contributed by atoms with Crippen molar-refractivity contribution in [2.75, 3.05) is 5.75 Å². The SMILES string of the molecule is CCCCSc1nsnc1Cl. The normalized spacial score (nSPS) is 10.4. The second-order valence-electron chi connectivity index (χ2n) is 2.06. The van der Waals surface area contributed by atoms with Gasteiger partial charge in [0.05, 0.1) is 11.7 Å². The van der Waals surface area contributed by atoms with E-state index in [-0.39, 0.29) is 0 Å². The third kappa shape index (κ3) is 2.97. The summed E-state index contributed by atoms with van der Waals surface area (Å²) < 4.78 is 7.92. The second-order valence-corrected chi connectivity index (χ2v) is 4.03. The highest BCUT2D eigenvalue weighted by atomic mass is 35.5. The summed E-state index contributed by atoms with van der Waals surface area (Å²) >= 11 is 8.59. The van der Waals surface area contributed by atoms with Gasteiger partial charge in [0.2, 0.25) is 0 Å². The lowest BCUT2D eigenvalue weighted by Gasteiger charge is -1.93. The molecule has 0 spiro atoms. The second kappa shape index (κ2) is 4.95. The molecule has 0 aliphatic heterocycles. The van der Waals surface area contributed by atoms with Crippen molar-refractivity contribution in [2.24, 2.45) is 0 Å². The molecular weight excluding hydrogens is 200 g/mol. The van der Waals surface area contributed by atoms with Crippen LogP contribution in [-0.4, -0.2) is 14.5 Å². The maximum Gasteiger partial charge on any atom is 0.176 e. The van der Waals surface area contributed by atoms with Gasteiger partial charge >= 0.3 is 0 Å². The maximum absolute atomic E-state index is 5.73. The summed E-state index contributed by atoms with van der Waals surface area (Å²) in [5.74, 6) is 1.08. The number of rotatable bonds is 4. The van der Waals surface area contributed by atoms with Crippen molar-refractivity contribution in [1.29, 1.82) is 0 Å². The van der Waals surface area contributed by atoms with E-state index in [0.717, 1.165) is 10.8 Å². The zero-order valence-corrected chi connectivity index (χ0v) is 8.60. The van der Waals surface area contributed by atoms with Gasteiger partial charge < -0.3 is 0 Å². The number of nitrogens with zero attached hydrogens (tertiary/aromatic N) is 2. The quantitative estimate of drug-likeness (QED) is 0.562. The fourth-order valence-corrected chi connectivity index (χ4v) is 2.44. The molecule has 1 rings (SSSR count). The van der Waals surface area contributed by atoms with Crippen molar-refractivity contribution in [2.45, 2.75) is 24.8 Å². The lowest BCUT2D eigenvalue weighted by atomic mass is 10.4. The number of hydrogen-bond donors (Lipinski definition) is 0. The molecule has 0 atom stereocenters. The zero-order chi connectivity index (χ0) is 8.10. The van der Waals surface area contributed by atoms with Gasteiger partial charge in [-0.1, -0.05) is 24.9 Å². The van der Waals surface area contributed by atoms with Crippen LogP contribution in [-0.2, 0) is 0 Å². The highest BCUT2D eigenvalue weighted by Crippen LogP contribution is 2.24. The minimum Gasteiger partial charge on any atom is -0.165 e. The van der Waals surface area contributed by atoms with Gasteiger partial charge in [-0.3, -0.25) is 0 Å². The van der Waals surface area contributed by atoms with Crippen molar-refractivity contribution in [1.82, 2.24) is 8.75 Å². The summed E-state index contributed by atoms with van der Waals surface area (Å²) in [5.41, 5.74) is 0. The fraction of sp³-hybridized carbons (Fsp3) is 0.667. The van der Waals surface area contributed by atoms with Crippen molar-refractivity contribution in [3.63, 3.8) is 0 Å². The molecule has 1 heterocycles. The minimum atomic E-state index is 0.552. The number of hydrogen-bond acceptors (Lipinski definition) is 4. The van der Waals surface area contributed by atoms with Gasteiger partial charge in [-0.25, -0.2) is 0 Å². The van der Waals surface area contributed by atoms with Gasteiger partial charge in [0.25, 0.3) is 0 Å². The Bertz CT molecular complexity index is 214. The molecular formula is C6H9ClN2S2. The maximum atomic E-state index is 5.73. The van der Waals surface area contributed by atoms with E-state index in [1.165, 1.54) is 24.6 Å². The number of halogens is 1. The average molecular weight is 209 g/mol. The molecule has 0 aromatic carbocycles. The molecule has 0 saturated heterocycles. The van der Waals surface area contributed by atoms with Crippen molar-refractivity contribution < 1.29 is 0 Å². The monoisotopic (exact) mass is 208 g/mol. The molecule has 1 aromatic rings. The number of thioether (sulfide) groups is 1. The summed E-state index contributed by atoms with van der Waals surface area (Å²) in [6.07, 6.45) is 2.42. The van der Waals surface area contributed by atoms with Crippen LogP contribution >= 0.6 is 35.1 Å². The van der Waals surface area contributed by atoms with Gasteiger partial charge in [0.15, 0.2) is 5.15 Å². The first-order chi connectivity index (χ1) is 5.34. The molecule has 0 unspecified atom stereocenters. The summed E-state index contributed by atoms with van der Waals surface area (Å²) in [4.78, 5) is 0. The Labute approximate surface area is 79.7 Å². The van der Waals surface area contributed by atoms with Gasteiger partial charge in [0.1, 0.15) is 5.03 Å². The summed E-state index contributed by atoms with van der Waals surface area (Å²) in [6.45, 7) is 2.17. The first-order valence-electron chi connectivity index (χ1n) is 3.45. The Morgan fingerprint density at radius 2 is 2.36 bits per heavy atom.